The number of thiazole rings is 1. The van der Waals surface area contributed by atoms with Crippen LogP contribution in [0, 0.1) is 12.8 Å². The van der Waals surface area contributed by atoms with E-state index in [1.807, 2.05) is 24.9 Å². The second-order valence-electron chi connectivity index (χ2n) is 6.46. The molecule has 1 aliphatic heterocycles. The summed E-state index contributed by atoms with van der Waals surface area (Å²) in [7, 11) is 0. The maximum Gasteiger partial charge on any atom is 0.225 e. The van der Waals surface area contributed by atoms with E-state index in [4.69, 9.17) is 0 Å². The van der Waals surface area contributed by atoms with Gasteiger partial charge in [0.1, 0.15) is 5.01 Å². The fraction of sp³-hybridized carbons (Fsp3) is 0.706. The number of hydrogen-bond acceptors (Lipinski definition) is 4. The molecule has 8 heteroatoms. The van der Waals surface area contributed by atoms with Crippen LogP contribution in [0.5, 0.6) is 0 Å². The van der Waals surface area contributed by atoms with Gasteiger partial charge in [-0.15, -0.1) is 35.3 Å². The zero-order chi connectivity index (χ0) is 17.5. The van der Waals surface area contributed by atoms with E-state index in [9.17, 15) is 4.79 Å². The first kappa shape index (κ1) is 22.1. The fourth-order valence-electron chi connectivity index (χ4n) is 2.74. The minimum absolute atomic E-state index is 0. The topological polar surface area (TPSA) is 69.6 Å². The van der Waals surface area contributed by atoms with Gasteiger partial charge in [-0.3, -0.25) is 4.79 Å². The summed E-state index contributed by atoms with van der Waals surface area (Å²) in [5, 5.41) is 7.82. The molecule has 0 aliphatic carbocycles. The van der Waals surface area contributed by atoms with Gasteiger partial charge in [0.25, 0.3) is 0 Å². The summed E-state index contributed by atoms with van der Waals surface area (Å²) in [5.41, 5.74) is 0. The standard InChI is InChI=1S/C17H29N5OS.HI/c1-5-18-17(20-11-15-19-10-13(4)24-15)21-14-6-8-22(9-7-14)16(23)12(2)3;/h10,12,14H,5-9,11H2,1-4H3,(H2,18,20,21);1H. The monoisotopic (exact) mass is 479 g/mol. The first-order valence-corrected chi connectivity index (χ1v) is 9.56. The third-order valence-electron chi connectivity index (χ3n) is 4.03. The van der Waals surface area contributed by atoms with Crippen LogP contribution < -0.4 is 10.6 Å². The summed E-state index contributed by atoms with van der Waals surface area (Å²) in [5.74, 6) is 1.17. The van der Waals surface area contributed by atoms with Gasteiger partial charge in [0.05, 0.1) is 6.54 Å². The molecule has 0 bridgehead atoms. The fourth-order valence-corrected chi connectivity index (χ4v) is 3.46. The normalized spacial score (nSPS) is 15.9. The van der Waals surface area contributed by atoms with Crippen LogP contribution in [-0.4, -0.2) is 47.4 Å². The van der Waals surface area contributed by atoms with E-state index in [0.29, 0.717) is 12.6 Å². The quantitative estimate of drug-likeness (QED) is 0.387. The van der Waals surface area contributed by atoms with Gasteiger partial charge in [-0.25, -0.2) is 9.98 Å². The van der Waals surface area contributed by atoms with Crippen LogP contribution in [0.15, 0.2) is 11.2 Å². The van der Waals surface area contributed by atoms with Crippen LogP contribution in [0.25, 0.3) is 0 Å². The number of piperidine rings is 1. The number of guanidine groups is 1. The van der Waals surface area contributed by atoms with Gasteiger partial charge in [0.15, 0.2) is 5.96 Å². The van der Waals surface area contributed by atoms with Crippen molar-refractivity contribution in [2.75, 3.05) is 19.6 Å². The Balaban J connectivity index is 0.00000312. The SMILES string of the molecule is CCNC(=NCc1ncc(C)s1)NC1CCN(C(=O)C(C)C)CC1.I. The van der Waals surface area contributed by atoms with Crippen LogP contribution >= 0.6 is 35.3 Å². The highest BCUT2D eigenvalue weighted by atomic mass is 127. The molecule has 0 aromatic carbocycles. The predicted molar refractivity (Wildman–Crippen MR) is 115 cm³/mol. The molecule has 0 spiro atoms. The molecule has 0 radical (unpaired) electrons. The lowest BCUT2D eigenvalue weighted by molar-refractivity contribution is -0.135. The molecule has 142 valence electrons. The molecule has 0 saturated carbocycles. The number of carbonyl (C=O) groups excluding carboxylic acids is 1. The number of carbonyl (C=O) groups is 1. The van der Waals surface area contributed by atoms with Crippen molar-refractivity contribution in [2.45, 2.75) is 53.1 Å². The lowest BCUT2D eigenvalue weighted by Gasteiger charge is -2.34. The minimum Gasteiger partial charge on any atom is -0.357 e. The number of nitrogens with zero attached hydrogens (tertiary/aromatic N) is 3. The van der Waals surface area contributed by atoms with Crippen molar-refractivity contribution in [3.63, 3.8) is 0 Å². The van der Waals surface area contributed by atoms with Crippen LogP contribution in [0.2, 0.25) is 0 Å². The molecule has 1 aliphatic rings. The Morgan fingerprint density at radius 1 is 1.44 bits per heavy atom. The lowest BCUT2D eigenvalue weighted by atomic mass is 10.0. The smallest absolute Gasteiger partial charge is 0.225 e. The molecule has 1 fully saturated rings. The molecule has 6 nitrogen and oxygen atoms in total. The lowest BCUT2D eigenvalue weighted by Crippen LogP contribution is -2.50. The molecule has 0 unspecified atom stereocenters. The number of amides is 1. The number of nitrogens with one attached hydrogen (secondary N) is 2. The highest BCUT2D eigenvalue weighted by molar-refractivity contribution is 14.0. The third kappa shape index (κ3) is 7.08. The molecular weight excluding hydrogens is 449 g/mol. The Morgan fingerprint density at radius 2 is 2.12 bits per heavy atom. The first-order chi connectivity index (χ1) is 11.5. The van der Waals surface area contributed by atoms with Crippen molar-refractivity contribution in [3.05, 3.63) is 16.1 Å². The van der Waals surface area contributed by atoms with Crippen molar-refractivity contribution >= 4 is 47.2 Å². The van der Waals surface area contributed by atoms with Crippen LogP contribution in [0.3, 0.4) is 0 Å². The molecule has 1 amide bonds. The maximum atomic E-state index is 12.1. The van der Waals surface area contributed by atoms with E-state index in [1.54, 1.807) is 11.3 Å². The number of hydrogen-bond donors (Lipinski definition) is 2. The van der Waals surface area contributed by atoms with Crippen molar-refractivity contribution in [1.29, 1.82) is 0 Å². The van der Waals surface area contributed by atoms with Crippen molar-refractivity contribution < 1.29 is 4.79 Å². The summed E-state index contributed by atoms with van der Waals surface area (Å²) in [6.45, 7) is 11.1. The number of aromatic nitrogens is 1. The highest BCUT2D eigenvalue weighted by Gasteiger charge is 2.24. The molecule has 2 rings (SSSR count). The van der Waals surface area contributed by atoms with Gasteiger partial charge in [-0.2, -0.15) is 0 Å². The maximum absolute atomic E-state index is 12.1. The predicted octanol–water partition coefficient (Wildman–Crippen LogP) is 2.77. The summed E-state index contributed by atoms with van der Waals surface area (Å²) < 4.78 is 0. The van der Waals surface area contributed by atoms with Gasteiger partial charge < -0.3 is 15.5 Å². The summed E-state index contributed by atoms with van der Waals surface area (Å²) in [6, 6.07) is 0.358. The summed E-state index contributed by atoms with van der Waals surface area (Å²) in [4.78, 5) is 24.2. The summed E-state index contributed by atoms with van der Waals surface area (Å²) >= 11 is 1.68. The number of halogens is 1. The Morgan fingerprint density at radius 3 is 2.64 bits per heavy atom. The molecule has 0 atom stereocenters. The molecule has 1 aromatic rings. The summed E-state index contributed by atoms with van der Waals surface area (Å²) in [6.07, 6.45) is 3.80. The van der Waals surface area contributed by atoms with Crippen molar-refractivity contribution in [2.24, 2.45) is 10.9 Å². The average Bonchev–Trinajstić information content (AvgIpc) is 2.98. The van der Waals surface area contributed by atoms with Crippen molar-refractivity contribution in [3.8, 4) is 0 Å². The first-order valence-electron chi connectivity index (χ1n) is 8.74. The second kappa shape index (κ2) is 10.9. The average molecular weight is 479 g/mol. The highest BCUT2D eigenvalue weighted by Crippen LogP contribution is 2.14. The van der Waals surface area contributed by atoms with E-state index in [1.165, 1.54) is 4.88 Å². The third-order valence-corrected chi connectivity index (χ3v) is 4.92. The number of likely N-dealkylation sites (tertiary alicyclic amines) is 1. The van der Waals surface area contributed by atoms with E-state index >= 15 is 0 Å². The zero-order valence-corrected chi connectivity index (χ0v) is 18.7. The van der Waals surface area contributed by atoms with E-state index in [2.05, 4.69) is 34.5 Å². The van der Waals surface area contributed by atoms with Gasteiger partial charge in [0, 0.05) is 42.7 Å². The molecule has 1 saturated heterocycles. The largest absolute Gasteiger partial charge is 0.357 e. The number of aryl methyl sites for hydroxylation is 1. The Kier molecular flexibility index (Phi) is 9.70. The van der Waals surface area contributed by atoms with E-state index < -0.39 is 0 Å². The van der Waals surface area contributed by atoms with Crippen LogP contribution in [0.1, 0.15) is 43.5 Å². The number of aliphatic imine (C=N–C) groups is 1. The van der Waals surface area contributed by atoms with Crippen LogP contribution in [0.4, 0.5) is 0 Å². The van der Waals surface area contributed by atoms with Gasteiger partial charge in [-0.05, 0) is 26.7 Å². The molecule has 2 N–H and O–H groups in total. The molecular formula is C17H30IN5OS. The van der Waals surface area contributed by atoms with E-state index in [0.717, 1.165) is 43.4 Å². The van der Waals surface area contributed by atoms with Gasteiger partial charge in [-0.1, -0.05) is 13.8 Å². The van der Waals surface area contributed by atoms with Crippen molar-refractivity contribution in [1.82, 2.24) is 20.5 Å². The Hall–Kier alpha value is -0.900. The van der Waals surface area contributed by atoms with Gasteiger partial charge in [0.2, 0.25) is 5.91 Å². The molecule has 2 heterocycles. The van der Waals surface area contributed by atoms with E-state index in [-0.39, 0.29) is 35.8 Å². The minimum atomic E-state index is 0. The second-order valence-corrected chi connectivity index (χ2v) is 7.78. The zero-order valence-electron chi connectivity index (χ0n) is 15.5. The number of rotatable bonds is 5. The molecule has 1 aromatic heterocycles. The van der Waals surface area contributed by atoms with Crippen LogP contribution in [-0.2, 0) is 11.3 Å². The van der Waals surface area contributed by atoms with Gasteiger partial charge >= 0.3 is 0 Å². The Bertz CT molecular complexity index is 567. The molecule has 25 heavy (non-hydrogen) atoms. The Labute approximate surface area is 171 Å².